The lowest BCUT2D eigenvalue weighted by atomic mass is 10.2. The number of hydrogen-bond donors (Lipinski definition) is 1. The van der Waals surface area contributed by atoms with E-state index in [1.54, 1.807) is 6.20 Å². The molecule has 0 spiro atoms. The predicted octanol–water partition coefficient (Wildman–Crippen LogP) is 2.48. The van der Waals surface area contributed by atoms with Gasteiger partial charge in [-0.1, -0.05) is 13.8 Å². The van der Waals surface area contributed by atoms with Gasteiger partial charge in [0.15, 0.2) is 0 Å². The third kappa shape index (κ3) is 2.22. The van der Waals surface area contributed by atoms with Crippen LogP contribution in [0.15, 0.2) is 12.3 Å². The number of anilines is 1. The average molecular weight is 194 g/mol. The van der Waals surface area contributed by atoms with Crippen LogP contribution in [-0.4, -0.2) is 11.1 Å². The Morgan fingerprint density at radius 1 is 1.50 bits per heavy atom. The summed E-state index contributed by atoms with van der Waals surface area (Å²) in [5, 5.41) is 2.51. The number of aromatic nitrogens is 1. The Morgan fingerprint density at radius 2 is 2.21 bits per heavy atom. The second kappa shape index (κ2) is 4.60. The van der Waals surface area contributed by atoms with Crippen LogP contribution >= 0.6 is 0 Å². The first-order chi connectivity index (χ1) is 6.75. The van der Waals surface area contributed by atoms with Gasteiger partial charge in [-0.05, 0) is 18.6 Å². The van der Waals surface area contributed by atoms with Crippen molar-refractivity contribution in [3.05, 3.63) is 23.4 Å². The zero-order chi connectivity index (χ0) is 10.6. The molecule has 76 valence electrons. The molecule has 4 heteroatoms. The molecule has 2 heterocycles. The lowest BCUT2D eigenvalue weighted by molar-refractivity contribution is 0.151. The number of ether oxygens (including phenoxy) is 1. The molecule has 0 saturated carbocycles. The Bertz CT molecular complexity index is 337. The summed E-state index contributed by atoms with van der Waals surface area (Å²) in [4.78, 5) is 14.8. The second-order valence-corrected chi connectivity index (χ2v) is 2.72. The molecular weight excluding hydrogens is 180 g/mol. The minimum atomic E-state index is -0.432. The molecule has 0 atom stereocenters. The molecule has 1 aromatic rings. The van der Waals surface area contributed by atoms with Crippen molar-refractivity contribution in [3.63, 3.8) is 0 Å². The Hall–Kier alpha value is -1.58. The fourth-order valence-electron chi connectivity index (χ4n) is 1.13. The summed E-state index contributed by atoms with van der Waals surface area (Å²) in [5.41, 5.74) is 1.99. The van der Waals surface area contributed by atoms with Gasteiger partial charge in [-0.3, -0.25) is 5.32 Å². The Kier molecular flexibility index (Phi) is 3.45. The first-order valence-corrected chi connectivity index (χ1v) is 4.65. The average Bonchev–Trinajstić information content (AvgIpc) is 2.21. The van der Waals surface area contributed by atoms with E-state index in [-0.39, 0.29) is 0 Å². The minimum absolute atomic E-state index is 0.315. The van der Waals surface area contributed by atoms with Crippen LogP contribution in [0.4, 0.5) is 10.6 Å². The van der Waals surface area contributed by atoms with E-state index in [0.717, 1.165) is 11.1 Å². The van der Waals surface area contributed by atoms with Crippen LogP contribution in [0.1, 0.15) is 25.0 Å². The molecule has 4 nitrogen and oxygen atoms in total. The lowest BCUT2D eigenvalue weighted by Crippen LogP contribution is -2.21. The summed E-state index contributed by atoms with van der Waals surface area (Å²) in [5.74, 6) is 0.608. The maximum absolute atomic E-state index is 10.7. The lowest BCUT2D eigenvalue weighted by Gasteiger charge is -2.15. The monoisotopic (exact) mass is 194 g/mol. The van der Waals surface area contributed by atoms with Gasteiger partial charge in [-0.2, -0.15) is 0 Å². The van der Waals surface area contributed by atoms with Gasteiger partial charge in [0.25, 0.3) is 0 Å². The van der Waals surface area contributed by atoms with Crippen molar-refractivity contribution >= 4 is 11.9 Å². The molecular formula is C10H14N2O2. The Morgan fingerprint density at radius 3 is 2.93 bits per heavy atom. The van der Waals surface area contributed by atoms with Crippen LogP contribution in [0.25, 0.3) is 0 Å². The van der Waals surface area contributed by atoms with Crippen LogP contribution in [0, 0.1) is 6.92 Å². The van der Waals surface area contributed by atoms with E-state index in [9.17, 15) is 4.79 Å². The number of pyridine rings is 1. The molecule has 1 aromatic heterocycles. The highest BCUT2D eigenvalue weighted by Gasteiger charge is 2.15. The first-order valence-electron chi connectivity index (χ1n) is 4.65. The number of nitrogens with one attached hydrogen (secondary N) is 1. The number of fused-ring (bicyclic) bond motifs is 1. The van der Waals surface area contributed by atoms with Crippen molar-refractivity contribution in [1.82, 2.24) is 4.98 Å². The number of nitrogens with zero attached hydrogens (tertiary/aromatic N) is 1. The third-order valence-electron chi connectivity index (χ3n) is 1.68. The highest BCUT2D eigenvalue weighted by molar-refractivity contribution is 5.85. The van der Waals surface area contributed by atoms with E-state index in [2.05, 4.69) is 10.3 Å². The summed E-state index contributed by atoms with van der Waals surface area (Å²) in [6.45, 7) is 6.26. The van der Waals surface area contributed by atoms with E-state index >= 15 is 0 Å². The number of amides is 1. The fraction of sp³-hybridized carbons (Fsp3) is 0.400. The summed E-state index contributed by atoms with van der Waals surface area (Å²) in [7, 11) is 0. The summed E-state index contributed by atoms with van der Waals surface area (Å²) >= 11 is 0. The molecule has 1 N–H and O–H groups in total. The number of carbonyl (C=O) groups excluding carboxylic acids is 1. The quantitative estimate of drug-likeness (QED) is 0.690. The SMILES string of the molecule is CC.Cc1cnc2c(c1)COC(=O)N2. The third-order valence-corrected chi connectivity index (χ3v) is 1.68. The maximum atomic E-state index is 10.7. The van der Waals surface area contributed by atoms with Crippen molar-refractivity contribution in [3.8, 4) is 0 Å². The predicted molar refractivity (Wildman–Crippen MR) is 54.1 cm³/mol. The highest BCUT2D eigenvalue weighted by atomic mass is 16.5. The van der Waals surface area contributed by atoms with Gasteiger partial charge in [0.2, 0.25) is 0 Å². The molecule has 0 saturated heterocycles. The van der Waals surface area contributed by atoms with E-state index in [0.29, 0.717) is 12.4 Å². The molecule has 0 aliphatic carbocycles. The molecule has 0 radical (unpaired) electrons. The summed E-state index contributed by atoms with van der Waals surface area (Å²) < 4.78 is 4.77. The smallest absolute Gasteiger partial charge is 0.413 e. The molecule has 0 aromatic carbocycles. The van der Waals surface area contributed by atoms with E-state index in [4.69, 9.17) is 4.74 Å². The number of hydrogen-bond acceptors (Lipinski definition) is 3. The zero-order valence-electron chi connectivity index (χ0n) is 8.63. The number of aryl methyl sites for hydroxylation is 1. The van der Waals surface area contributed by atoms with Crippen molar-refractivity contribution in [2.45, 2.75) is 27.4 Å². The van der Waals surface area contributed by atoms with Crippen molar-refractivity contribution in [1.29, 1.82) is 0 Å². The van der Waals surface area contributed by atoms with E-state index in [1.165, 1.54) is 0 Å². The molecule has 1 amide bonds. The number of cyclic esters (lactones) is 1. The molecule has 2 rings (SSSR count). The molecule has 1 aliphatic heterocycles. The van der Waals surface area contributed by atoms with Crippen LogP contribution < -0.4 is 5.32 Å². The topological polar surface area (TPSA) is 51.2 Å². The van der Waals surface area contributed by atoms with Gasteiger partial charge in [-0.25, -0.2) is 9.78 Å². The summed E-state index contributed by atoms with van der Waals surface area (Å²) in [6, 6.07) is 1.95. The van der Waals surface area contributed by atoms with Crippen molar-refractivity contribution < 1.29 is 9.53 Å². The van der Waals surface area contributed by atoms with Gasteiger partial charge in [-0.15, -0.1) is 0 Å². The van der Waals surface area contributed by atoms with Crippen LogP contribution in [0.2, 0.25) is 0 Å². The second-order valence-electron chi connectivity index (χ2n) is 2.72. The highest BCUT2D eigenvalue weighted by Crippen LogP contribution is 2.18. The van der Waals surface area contributed by atoms with Crippen molar-refractivity contribution in [2.75, 3.05) is 5.32 Å². The molecule has 0 unspecified atom stereocenters. The van der Waals surface area contributed by atoms with Crippen LogP contribution in [0.3, 0.4) is 0 Å². The van der Waals surface area contributed by atoms with E-state index in [1.807, 2.05) is 26.8 Å². The number of rotatable bonds is 0. The van der Waals surface area contributed by atoms with Gasteiger partial charge >= 0.3 is 6.09 Å². The molecule has 14 heavy (non-hydrogen) atoms. The molecule has 0 bridgehead atoms. The summed E-state index contributed by atoms with van der Waals surface area (Å²) in [6.07, 6.45) is 1.28. The molecule has 1 aliphatic rings. The van der Waals surface area contributed by atoms with Crippen LogP contribution in [-0.2, 0) is 11.3 Å². The Balaban J connectivity index is 0.000000461. The zero-order valence-corrected chi connectivity index (χ0v) is 8.63. The Labute approximate surface area is 83.3 Å². The number of carbonyl (C=O) groups is 1. The minimum Gasteiger partial charge on any atom is -0.444 e. The van der Waals surface area contributed by atoms with Gasteiger partial charge < -0.3 is 4.74 Å². The van der Waals surface area contributed by atoms with Gasteiger partial charge in [0.05, 0.1) is 0 Å². The first kappa shape index (κ1) is 10.5. The normalized spacial score (nSPS) is 12.9. The fourth-order valence-corrected chi connectivity index (χ4v) is 1.13. The van der Waals surface area contributed by atoms with Crippen LogP contribution in [0.5, 0.6) is 0 Å². The van der Waals surface area contributed by atoms with Gasteiger partial charge in [0, 0.05) is 11.8 Å². The molecule has 0 fully saturated rings. The maximum Gasteiger partial charge on any atom is 0.413 e. The van der Waals surface area contributed by atoms with E-state index < -0.39 is 6.09 Å². The standard InChI is InChI=1S/C8H8N2O2.C2H6/c1-5-2-6-4-12-8(11)10-7(6)9-3-5;1-2/h2-3H,4H2,1H3,(H,9,10,11);1-2H3. The van der Waals surface area contributed by atoms with Crippen molar-refractivity contribution in [2.24, 2.45) is 0 Å². The van der Waals surface area contributed by atoms with Gasteiger partial charge in [0.1, 0.15) is 12.4 Å². The largest absolute Gasteiger partial charge is 0.444 e.